The largest absolute Gasteiger partial charge is 0.465 e. The van der Waals surface area contributed by atoms with E-state index in [9.17, 15) is 4.79 Å². The highest BCUT2D eigenvalue weighted by Crippen LogP contribution is 2.17. The Labute approximate surface area is 113 Å². The zero-order chi connectivity index (χ0) is 13.8. The second kappa shape index (κ2) is 5.91. The normalized spacial score (nSPS) is 15.0. The van der Waals surface area contributed by atoms with E-state index in [1.165, 1.54) is 10.5 Å². The molecule has 1 aliphatic rings. The van der Waals surface area contributed by atoms with Crippen molar-refractivity contribution in [2.75, 3.05) is 25.0 Å². The van der Waals surface area contributed by atoms with Crippen LogP contribution in [0.25, 0.3) is 0 Å². The summed E-state index contributed by atoms with van der Waals surface area (Å²) in [5.74, 6) is 1.46. The van der Waals surface area contributed by atoms with Gasteiger partial charge in [0.25, 0.3) is 0 Å². The van der Waals surface area contributed by atoms with Crippen LogP contribution < -0.4 is 5.32 Å². The number of anilines is 1. The number of hydrogen-bond donors (Lipinski definition) is 2. The van der Waals surface area contributed by atoms with Crippen molar-refractivity contribution in [3.8, 4) is 0 Å². The molecule has 104 valence electrons. The molecule has 0 radical (unpaired) electrons. The fourth-order valence-electron chi connectivity index (χ4n) is 2.18. The first-order valence-corrected chi connectivity index (χ1v) is 6.77. The van der Waals surface area contributed by atoms with Crippen LogP contribution >= 0.6 is 0 Å². The van der Waals surface area contributed by atoms with Crippen molar-refractivity contribution in [3.05, 3.63) is 23.4 Å². The maximum absolute atomic E-state index is 11.0. The number of carbonyl (C=O) groups is 1. The number of carboxylic acid groups (broad SMARTS) is 1. The predicted molar refractivity (Wildman–Crippen MR) is 74.6 cm³/mol. The third kappa shape index (κ3) is 3.59. The van der Waals surface area contributed by atoms with Crippen LogP contribution in [0.3, 0.4) is 0 Å². The molecule has 2 rings (SSSR count). The summed E-state index contributed by atoms with van der Waals surface area (Å²) in [4.78, 5) is 17.1. The van der Waals surface area contributed by atoms with Crippen molar-refractivity contribution in [2.24, 2.45) is 5.92 Å². The van der Waals surface area contributed by atoms with Crippen molar-refractivity contribution < 1.29 is 9.90 Å². The molecule has 19 heavy (non-hydrogen) atoms. The smallest absolute Gasteiger partial charge is 0.407 e. The number of nitrogens with zero attached hydrogens (tertiary/aromatic N) is 2. The molecule has 0 atom stereocenters. The zero-order valence-corrected chi connectivity index (χ0v) is 11.5. The Morgan fingerprint density at radius 2 is 2.16 bits per heavy atom. The average Bonchev–Trinajstić information content (AvgIpc) is 2.58. The van der Waals surface area contributed by atoms with Crippen LogP contribution in [0.5, 0.6) is 0 Å². The summed E-state index contributed by atoms with van der Waals surface area (Å²) in [6.07, 6.45) is 0.601. The molecule has 0 fully saturated rings. The van der Waals surface area contributed by atoms with Gasteiger partial charge < -0.3 is 15.3 Å². The van der Waals surface area contributed by atoms with E-state index in [0.717, 1.165) is 24.5 Å². The molecule has 1 aliphatic heterocycles. The highest BCUT2D eigenvalue weighted by atomic mass is 16.4. The zero-order valence-electron chi connectivity index (χ0n) is 11.5. The third-order valence-corrected chi connectivity index (χ3v) is 3.30. The molecule has 5 heteroatoms. The average molecular weight is 263 g/mol. The van der Waals surface area contributed by atoms with E-state index in [2.05, 4.69) is 30.2 Å². The summed E-state index contributed by atoms with van der Waals surface area (Å²) >= 11 is 0. The predicted octanol–water partition coefficient (Wildman–Crippen LogP) is 2.23. The molecule has 1 amide bonds. The number of hydrogen-bond acceptors (Lipinski definition) is 3. The van der Waals surface area contributed by atoms with Gasteiger partial charge in [0.05, 0.1) is 0 Å². The Morgan fingerprint density at radius 1 is 1.42 bits per heavy atom. The molecule has 1 aromatic rings. The van der Waals surface area contributed by atoms with E-state index in [1.54, 1.807) is 0 Å². The minimum absolute atomic E-state index is 0.531. The third-order valence-electron chi connectivity index (χ3n) is 3.30. The maximum Gasteiger partial charge on any atom is 0.407 e. The van der Waals surface area contributed by atoms with Crippen molar-refractivity contribution in [2.45, 2.75) is 26.7 Å². The van der Waals surface area contributed by atoms with Gasteiger partial charge in [0, 0.05) is 31.7 Å². The number of rotatable bonds is 3. The SMILES string of the molecule is CC(C)CNc1ccc2c(n1)CCN(C(=O)O)CC2. The second-order valence-electron chi connectivity index (χ2n) is 5.35. The highest BCUT2D eigenvalue weighted by molar-refractivity contribution is 5.65. The number of fused-ring (bicyclic) bond motifs is 1. The molecule has 0 aromatic carbocycles. The molecule has 2 N–H and O–H groups in total. The van der Waals surface area contributed by atoms with E-state index in [1.807, 2.05) is 6.07 Å². The fourth-order valence-corrected chi connectivity index (χ4v) is 2.18. The first-order valence-electron chi connectivity index (χ1n) is 6.77. The van der Waals surface area contributed by atoms with E-state index in [0.29, 0.717) is 25.4 Å². The van der Waals surface area contributed by atoms with Gasteiger partial charge in [-0.05, 0) is 24.0 Å². The molecular weight excluding hydrogens is 242 g/mol. The molecule has 2 heterocycles. The van der Waals surface area contributed by atoms with Crippen LogP contribution in [-0.4, -0.2) is 40.7 Å². The molecule has 0 saturated carbocycles. The van der Waals surface area contributed by atoms with Crippen molar-refractivity contribution in [3.63, 3.8) is 0 Å². The Hall–Kier alpha value is -1.78. The Kier molecular flexibility index (Phi) is 4.24. The van der Waals surface area contributed by atoms with Gasteiger partial charge in [0.2, 0.25) is 0 Å². The van der Waals surface area contributed by atoms with Crippen LogP contribution in [0.4, 0.5) is 10.6 Å². The molecule has 5 nitrogen and oxygen atoms in total. The van der Waals surface area contributed by atoms with Gasteiger partial charge >= 0.3 is 6.09 Å². The van der Waals surface area contributed by atoms with Crippen LogP contribution in [0.2, 0.25) is 0 Å². The Morgan fingerprint density at radius 3 is 2.84 bits per heavy atom. The molecule has 0 bridgehead atoms. The van der Waals surface area contributed by atoms with Gasteiger partial charge in [0.15, 0.2) is 0 Å². The number of amides is 1. The van der Waals surface area contributed by atoms with E-state index < -0.39 is 6.09 Å². The molecule has 1 aromatic heterocycles. The van der Waals surface area contributed by atoms with Crippen LogP contribution in [0.15, 0.2) is 12.1 Å². The summed E-state index contributed by atoms with van der Waals surface area (Å²) in [5.41, 5.74) is 2.19. The summed E-state index contributed by atoms with van der Waals surface area (Å²) in [7, 11) is 0. The van der Waals surface area contributed by atoms with Crippen molar-refractivity contribution in [1.82, 2.24) is 9.88 Å². The molecule has 0 unspecified atom stereocenters. The summed E-state index contributed by atoms with van der Waals surface area (Å²) < 4.78 is 0. The van der Waals surface area contributed by atoms with Crippen LogP contribution in [-0.2, 0) is 12.8 Å². The summed E-state index contributed by atoms with van der Waals surface area (Å²) in [6.45, 7) is 6.29. The lowest BCUT2D eigenvalue weighted by Crippen LogP contribution is -2.31. The van der Waals surface area contributed by atoms with Crippen molar-refractivity contribution >= 4 is 11.9 Å². The van der Waals surface area contributed by atoms with Gasteiger partial charge in [-0.3, -0.25) is 0 Å². The number of aromatic nitrogens is 1. The Balaban J connectivity index is 2.07. The lowest BCUT2D eigenvalue weighted by atomic mass is 10.1. The standard InChI is InChI=1S/C14H21N3O2/c1-10(2)9-15-13-4-3-11-5-7-17(14(18)19)8-6-12(11)16-13/h3-4,10H,5-9H2,1-2H3,(H,15,16)(H,18,19). The lowest BCUT2D eigenvalue weighted by Gasteiger charge is -2.14. The fraction of sp³-hybridized carbons (Fsp3) is 0.571. The first-order chi connectivity index (χ1) is 9.06. The van der Waals surface area contributed by atoms with E-state index in [-0.39, 0.29) is 0 Å². The van der Waals surface area contributed by atoms with E-state index >= 15 is 0 Å². The monoisotopic (exact) mass is 263 g/mol. The molecular formula is C14H21N3O2. The summed E-state index contributed by atoms with van der Waals surface area (Å²) in [5, 5.41) is 12.3. The lowest BCUT2D eigenvalue weighted by molar-refractivity contribution is 0.147. The molecule has 0 aliphatic carbocycles. The first kappa shape index (κ1) is 13.6. The van der Waals surface area contributed by atoms with Gasteiger partial charge in [-0.25, -0.2) is 9.78 Å². The molecule has 0 spiro atoms. The summed E-state index contributed by atoms with van der Waals surface area (Å²) in [6, 6.07) is 4.05. The van der Waals surface area contributed by atoms with Gasteiger partial charge in [-0.15, -0.1) is 0 Å². The van der Waals surface area contributed by atoms with Crippen LogP contribution in [0.1, 0.15) is 25.1 Å². The maximum atomic E-state index is 11.0. The Bertz CT molecular complexity index is 460. The topological polar surface area (TPSA) is 65.5 Å². The van der Waals surface area contributed by atoms with Gasteiger partial charge in [0.1, 0.15) is 5.82 Å². The number of nitrogens with one attached hydrogen (secondary N) is 1. The van der Waals surface area contributed by atoms with E-state index in [4.69, 9.17) is 5.11 Å². The van der Waals surface area contributed by atoms with Gasteiger partial charge in [-0.2, -0.15) is 0 Å². The minimum Gasteiger partial charge on any atom is -0.465 e. The minimum atomic E-state index is -0.842. The number of pyridine rings is 1. The molecule has 0 saturated heterocycles. The van der Waals surface area contributed by atoms with Gasteiger partial charge in [-0.1, -0.05) is 19.9 Å². The second-order valence-corrected chi connectivity index (χ2v) is 5.35. The quantitative estimate of drug-likeness (QED) is 0.877. The highest BCUT2D eigenvalue weighted by Gasteiger charge is 2.18. The van der Waals surface area contributed by atoms with Crippen LogP contribution in [0, 0.1) is 5.92 Å². The van der Waals surface area contributed by atoms with Crippen molar-refractivity contribution in [1.29, 1.82) is 0 Å².